The molecule has 0 saturated carbocycles. The zero-order chi connectivity index (χ0) is 16.6. The van der Waals surface area contributed by atoms with Gasteiger partial charge in [-0.25, -0.2) is 4.98 Å². The molecule has 126 valence electrons. The van der Waals surface area contributed by atoms with Gasteiger partial charge in [0.1, 0.15) is 5.69 Å². The number of thiazole rings is 1. The van der Waals surface area contributed by atoms with Crippen LogP contribution in [0.15, 0.2) is 29.8 Å². The molecule has 0 unspecified atom stereocenters. The lowest BCUT2D eigenvalue weighted by molar-refractivity contribution is 0.0243. The molecule has 2 saturated heterocycles. The highest BCUT2D eigenvalue weighted by Gasteiger charge is 2.51. The van der Waals surface area contributed by atoms with Crippen molar-refractivity contribution in [1.29, 1.82) is 0 Å². The van der Waals surface area contributed by atoms with Crippen molar-refractivity contribution in [3.63, 3.8) is 0 Å². The lowest BCUT2D eigenvalue weighted by Crippen LogP contribution is -2.60. The Hall–Kier alpha value is -1.44. The summed E-state index contributed by atoms with van der Waals surface area (Å²) in [4.78, 5) is 22.9. The minimum atomic E-state index is 0.0587. The fourth-order valence-corrected chi connectivity index (χ4v) is 5.37. The Kier molecular flexibility index (Phi) is 4.32. The van der Waals surface area contributed by atoms with Crippen molar-refractivity contribution in [3.8, 4) is 0 Å². The van der Waals surface area contributed by atoms with Crippen LogP contribution in [0, 0.1) is 6.92 Å². The van der Waals surface area contributed by atoms with E-state index in [1.165, 1.54) is 11.3 Å². The Morgan fingerprint density at radius 1 is 1.46 bits per heavy atom. The molecule has 0 N–H and O–H groups in total. The largest absolute Gasteiger partial charge is 0.371 e. The maximum absolute atomic E-state index is 12.4. The molecule has 2 aromatic heterocycles. The molecule has 7 heteroatoms. The first-order valence-corrected chi connectivity index (χ1v) is 9.87. The molecule has 0 aliphatic carbocycles. The highest BCUT2D eigenvalue weighted by Crippen LogP contribution is 2.46. The third-order valence-electron chi connectivity index (χ3n) is 4.45. The summed E-state index contributed by atoms with van der Waals surface area (Å²) in [6, 6.07) is 5.87. The average Bonchev–Trinajstić information content (AvgIpc) is 3.18. The van der Waals surface area contributed by atoms with Crippen molar-refractivity contribution in [1.82, 2.24) is 14.9 Å². The summed E-state index contributed by atoms with van der Waals surface area (Å²) < 4.78 is 6.18. The van der Waals surface area contributed by atoms with Gasteiger partial charge in [-0.1, -0.05) is 6.07 Å². The summed E-state index contributed by atoms with van der Waals surface area (Å²) in [5.74, 6) is 1.05. The number of hydrogen-bond donors (Lipinski definition) is 0. The van der Waals surface area contributed by atoms with Gasteiger partial charge in [0, 0.05) is 30.4 Å². The maximum atomic E-state index is 12.4. The van der Waals surface area contributed by atoms with Crippen LogP contribution in [0.1, 0.15) is 27.6 Å². The van der Waals surface area contributed by atoms with E-state index in [1.807, 2.05) is 47.2 Å². The van der Waals surface area contributed by atoms with Gasteiger partial charge in [-0.2, -0.15) is 0 Å². The Morgan fingerprint density at radius 2 is 2.33 bits per heavy atom. The molecule has 0 aromatic carbocycles. The summed E-state index contributed by atoms with van der Waals surface area (Å²) >= 11 is 3.46. The van der Waals surface area contributed by atoms with Crippen molar-refractivity contribution < 1.29 is 9.53 Å². The second kappa shape index (κ2) is 6.46. The summed E-state index contributed by atoms with van der Waals surface area (Å²) in [6.45, 7) is 4.09. The van der Waals surface area contributed by atoms with E-state index in [0.29, 0.717) is 12.3 Å². The Bertz CT molecular complexity index is 728. The number of carbonyl (C=O) groups is 1. The molecule has 2 aliphatic heterocycles. The number of amides is 1. The third kappa shape index (κ3) is 3.20. The van der Waals surface area contributed by atoms with Gasteiger partial charge in [0.25, 0.3) is 5.91 Å². The molecule has 0 radical (unpaired) electrons. The zero-order valence-electron chi connectivity index (χ0n) is 13.5. The van der Waals surface area contributed by atoms with Crippen LogP contribution in [0.3, 0.4) is 0 Å². The molecule has 4 rings (SSSR count). The molecule has 2 aliphatic rings. The Balaban J connectivity index is 1.28. The van der Waals surface area contributed by atoms with Crippen molar-refractivity contribution >= 4 is 29.0 Å². The fourth-order valence-electron chi connectivity index (χ4n) is 3.23. The minimum Gasteiger partial charge on any atom is -0.371 e. The zero-order valence-corrected chi connectivity index (χ0v) is 15.1. The van der Waals surface area contributed by atoms with Gasteiger partial charge in [-0.05, 0) is 25.5 Å². The van der Waals surface area contributed by atoms with Crippen LogP contribution >= 0.6 is 23.1 Å². The number of rotatable bonds is 4. The number of aryl methyl sites for hydroxylation is 1. The highest BCUT2D eigenvalue weighted by molar-refractivity contribution is 8.01. The van der Waals surface area contributed by atoms with E-state index < -0.39 is 0 Å². The second-order valence-corrected chi connectivity index (χ2v) is 8.92. The Morgan fingerprint density at radius 3 is 3.04 bits per heavy atom. The minimum absolute atomic E-state index is 0.0587. The molecule has 1 atom stereocenters. The van der Waals surface area contributed by atoms with Gasteiger partial charge in [0.2, 0.25) is 0 Å². The van der Waals surface area contributed by atoms with E-state index in [4.69, 9.17) is 4.74 Å². The SMILES string of the molecule is Cc1nc(C(=O)N2CC3(C[C@@H](OCc4ccccn4)CS3)C2)cs1. The summed E-state index contributed by atoms with van der Waals surface area (Å²) in [7, 11) is 0. The molecular weight excluding hydrogens is 342 g/mol. The van der Waals surface area contributed by atoms with Gasteiger partial charge in [0.15, 0.2) is 0 Å². The first kappa shape index (κ1) is 16.1. The molecule has 2 aromatic rings. The second-order valence-electron chi connectivity index (χ2n) is 6.37. The monoisotopic (exact) mass is 361 g/mol. The average molecular weight is 361 g/mol. The number of thioether (sulfide) groups is 1. The predicted molar refractivity (Wildman–Crippen MR) is 95.4 cm³/mol. The van der Waals surface area contributed by atoms with Crippen LogP contribution in [0.4, 0.5) is 0 Å². The van der Waals surface area contributed by atoms with Crippen LogP contribution < -0.4 is 0 Å². The number of hydrogen-bond acceptors (Lipinski definition) is 6. The molecule has 0 bridgehead atoms. The van der Waals surface area contributed by atoms with Crippen molar-refractivity contribution in [2.45, 2.75) is 30.8 Å². The molecule has 1 spiro atoms. The van der Waals surface area contributed by atoms with E-state index in [0.717, 1.165) is 36.0 Å². The van der Waals surface area contributed by atoms with Gasteiger partial charge < -0.3 is 9.64 Å². The van der Waals surface area contributed by atoms with E-state index in [1.54, 1.807) is 6.20 Å². The predicted octanol–water partition coefficient (Wildman–Crippen LogP) is 2.76. The fraction of sp³-hybridized carbons (Fsp3) is 0.471. The number of likely N-dealkylation sites (tertiary alicyclic amines) is 1. The van der Waals surface area contributed by atoms with Crippen molar-refractivity contribution in [2.24, 2.45) is 0 Å². The van der Waals surface area contributed by atoms with Gasteiger partial charge in [-0.3, -0.25) is 9.78 Å². The van der Waals surface area contributed by atoms with Crippen LogP contribution in [0.25, 0.3) is 0 Å². The highest BCUT2D eigenvalue weighted by atomic mass is 32.2. The van der Waals surface area contributed by atoms with Crippen LogP contribution in [0.5, 0.6) is 0 Å². The van der Waals surface area contributed by atoms with Crippen LogP contribution in [-0.2, 0) is 11.3 Å². The smallest absolute Gasteiger partial charge is 0.273 e. The number of aromatic nitrogens is 2. The maximum Gasteiger partial charge on any atom is 0.273 e. The first-order chi connectivity index (χ1) is 11.6. The summed E-state index contributed by atoms with van der Waals surface area (Å²) in [6.07, 6.45) is 3.04. The number of pyridine rings is 1. The van der Waals surface area contributed by atoms with E-state index in [-0.39, 0.29) is 16.8 Å². The van der Waals surface area contributed by atoms with Crippen LogP contribution in [0.2, 0.25) is 0 Å². The first-order valence-electron chi connectivity index (χ1n) is 8.00. The molecular formula is C17H19N3O2S2. The molecule has 24 heavy (non-hydrogen) atoms. The molecule has 5 nitrogen and oxygen atoms in total. The van der Waals surface area contributed by atoms with E-state index in [2.05, 4.69) is 9.97 Å². The number of ether oxygens (including phenoxy) is 1. The lowest BCUT2D eigenvalue weighted by atomic mass is 9.92. The van der Waals surface area contributed by atoms with Gasteiger partial charge in [-0.15, -0.1) is 23.1 Å². The Labute approximate surface area is 149 Å². The van der Waals surface area contributed by atoms with Gasteiger partial charge in [0.05, 0.1) is 28.2 Å². The van der Waals surface area contributed by atoms with Crippen molar-refractivity contribution in [2.75, 3.05) is 18.8 Å². The molecule has 1 amide bonds. The van der Waals surface area contributed by atoms with Gasteiger partial charge >= 0.3 is 0 Å². The summed E-state index contributed by atoms with van der Waals surface area (Å²) in [5.41, 5.74) is 1.55. The summed E-state index contributed by atoms with van der Waals surface area (Å²) in [5, 5.41) is 2.79. The lowest BCUT2D eigenvalue weighted by Gasteiger charge is -2.47. The number of carbonyl (C=O) groups excluding carboxylic acids is 1. The third-order valence-corrected chi connectivity index (χ3v) is 6.80. The van der Waals surface area contributed by atoms with E-state index >= 15 is 0 Å². The quantitative estimate of drug-likeness (QED) is 0.838. The normalized spacial score (nSPS) is 21.9. The molecule has 2 fully saturated rings. The number of nitrogens with zero attached hydrogens (tertiary/aromatic N) is 3. The van der Waals surface area contributed by atoms with Crippen molar-refractivity contribution in [3.05, 3.63) is 46.2 Å². The van der Waals surface area contributed by atoms with Crippen LogP contribution in [-0.4, -0.2) is 50.5 Å². The van der Waals surface area contributed by atoms with E-state index in [9.17, 15) is 4.79 Å². The standard InChI is InChI=1S/C17H19N3O2S2/c1-12-19-15(9-23-12)16(21)20-10-17(11-20)6-14(8-24-17)22-7-13-4-2-3-5-18-13/h2-5,9,14H,6-8,10-11H2,1H3/t14-/m1/s1. The topological polar surface area (TPSA) is 55.3 Å². The molecule has 4 heterocycles.